The summed E-state index contributed by atoms with van der Waals surface area (Å²) in [6.45, 7) is 11.7. The van der Waals surface area contributed by atoms with Crippen LogP contribution in [0.25, 0.3) is 0 Å². The number of rotatable bonds is 6. The molecule has 0 saturated carbocycles. The van der Waals surface area contributed by atoms with E-state index in [-0.39, 0.29) is 35.4 Å². The standard InChI is InChI=1S/C25H33FN4O2/c1-16-21(12-22(31)27-14-18-6-8-20(26)9-7-18)17(2)29-24(28-16)19-10-11-30(15-19)23(32)13-25(3,4)5/h6-9,19H,10-15H2,1-5H3,(H,27,31). The van der Waals surface area contributed by atoms with Gasteiger partial charge in [0.1, 0.15) is 11.6 Å². The summed E-state index contributed by atoms with van der Waals surface area (Å²) >= 11 is 0. The van der Waals surface area contributed by atoms with Crippen molar-refractivity contribution >= 4 is 11.8 Å². The molecule has 172 valence electrons. The van der Waals surface area contributed by atoms with Gasteiger partial charge in [-0.25, -0.2) is 14.4 Å². The number of hydrogen-bond acceptors (Lipinski definition) is 4. The zero-order valence-electron chi connectivity index (χ0n) is 19.7. The van der Waals surface area contributed by atoms with Crippen LogP contribution in [0.3, 0.4) is 0 Å². The molecule has 1 aliphatic rings. The third-order valence-corrected chi connectivity index (χ3v) is 5.77. The van der Waals surface area contributed by atoms with Crippen molar-refractivity contribution in [3.8, 4) is 0 Å². The molecule has 1 aromatic heterocycles. The van der Waals surface area contributed by atoms with Crippen molar-refractivity contribution < 1.29 is 14.0 Å². The average molecular weight is 441 g/mol. The summed E-state index contributed by atoms with van der Waals surface area (Å²) in [5, 5.41) is 2.87. The van der Waals surface area contributed by atoms with Crippen LogP contribution in [0, 0.1) is 25.1 Å². The normalized spacial score (nSPS) is 16.3. The summed E-state index contributed by atoms with van der Waals surface area (Å²) in [5.41, 5.74) is 3.22. The van der Waals surface area contributed by atoms with Crippen LogP contribution < -0.4 is 5.32 Å². The van der Waals surface area contributed by atoms with E-state index < -0.39 is 0 Å². The van der Waals surface area contributed by atoms with Crippen molar-refractivity contribution in [1.82, 2.24) is 20.2 Å². The number of halogens is 1. The molecule has 32 heavy (non-hydrogen) atoms. The predicted octanol–water partition coefficient (Wildman–Crippen LogP) is 3.84. The number of aromatic nitrogens is 2. The van der Waals surface area contributed by atoms with Crippen LogP contribution in [0.15, 0.2) is 24.3 Å². The molecule has 1 atom stereocenters. The van der Waals surface area contributed by atoms with E-state index in [4.69, 9.17) is 9.97 Å². The minimum absolute atomic E-state index is 0.0300. The fourth-order valence-electron chi connectivity index (χ4n) is 3.99. The zero-order chi connectivity index (χ0) is 23.5. The fraction of sp³-hybridized carbons (Fsp3) is 0.520. The molecule has 0 radical (unpaired) electrons. The van der Waals surface area contributed by atoms with Gasteiger partial charge in [-0.3, -0.25) is 9.59 Å². The molecule has 1 aromatic carbocycles. The van der Waals surface area contributed by atoms with Crippen molar-refractivity contribution in [1.29, 1.82) is 0 Å². The third-order valence-electron chi connectivity index (χ3n) is 5.77. The Balaban J connectivity index is 1.60. The Hall–Kier alpha value is -2.83. The Labute approximate surface area is 189 Å². The SMILES string of the molecule is Cc1nc(C2CCN(C(=O)CC(C)(C)C)C2)nc(C)c1CC(=O)NCc1ccc(F)cc1. The van der Waals surface area contributed by atoms with Crippen molar-refractivity contribution in [2.75, 3.05) is 13.1 Å². The maximum absolute atomic E-state index is 13.0. The summed E-state index contributed by atoms with van der Waals surface area (Å²) in [6.07, 6.45) is 1.58. The number of aryl methyl sites for hydroxylation is 2. The van der Waals surface area contributed by atoms with E-state index in [0.29, 0.717) is 19.5 Å². The van der Waals surface area contributed by atoms with Crippen LogP contribution in [-0.4, -0.2) is 39.8 Å². The summed E-state index contributed by atoms with van der Waals surface area (Å²) in [5.74, 6) is 0.631. The van der Waals surface area contributed by atoms with Gasteiger partial charge in [-0.1, -0.05) is 32.9 Å². The van der Waals surface area contributed by atoms with E-state index in [0.717, 1.165) is 41.3 Å². The molecule has 3 rings (SSSR count). The van der Waals surface area contributed by atoms with E-state index in [9.17, 15) is 14.0 Å². The van der Waals surface area contributed by atoms with Crippen LogP contribution in [0.2, 0.25) is 0 Å². The molecule has 1 fully saturated rings. The number of amides is 2. The fourth-order valence-corrected chi connectivity index (χ4v) is 3.99. The summed E-state index contributed by atoms with van der Waals surface area (Å²) in [4.78, 5) is 36.3. The highest BCUT2D eigenvalue weighted by molar-refractivity contribution is 5.79. The van der Waals surface area contributed by atoms with Crippen molar-refractivity contribution in [3.05, 3.63) is 58.4 Å². The number of benzene rings is 1. The number of nitrogens with one attached hydrogen (secondary N) is 1. The highest BCUT2D eigenvalue weighted by Gasteiger charge is 2.31. The highest BCUT2D eigenvalue weighted by atomic mass is 19.1. The molecule has 2 heterocycles. The number of hydrogen-bond donors (Lipinski definition) is 1. The second-order valence-corrected chi connectivity index (χ2v) is 9.87. The molecule has 0 aliphatic carbocycles. The molecule has 1 unspecified atom stereocenters. The first kappa shape index (κ1) is 23.8. The maximum atomic E-state index is 13.0. The smallest absolute Gasteiger partial charge is 0.224 e. The Kier molecular flexibility index (Phi) is 7.26. The van der Waals surface area contributed by atoms with Crippen LogP contribution in [0.4, 0.5) is 4.39 Å². The first-order chi connectivity index (χ1) is 15.0. The van der Waals surface area contributed by atoms with Gasteiger partial charge in [-0.05, 0) is 43.4 Å². The number of carbonyl (C=O) groups excluding carboxylic acids is 2. The molecular formula is C25H33FN4O2. The predicted molar refractivity (Wildman–Crippen MR) is 121 cm³/mol. The summed E-state index contributed by atoms with van der Waals surface area (Å²) in [7, 11) is 0. The van der Waals surface area contributed by atoms with E-state index in [1.165, 1.54) is 12.1 Å². The minimum Gasteiger partial charge on any atom is -0.352 e. The lowest BCUT2D eigenvalue weighted by atomic mass is 9.92. The van der Waals surface area contributed by atoms with E-state index >= 15 is 0 Å². The molecule has 1 aliphatic heterocycles. The monoisotopic (exact) mass is 440 g/mol. The van der Waals surface area contributed by atoms with E-state index in [2.05, 4.69) is 26.1 Å². The Morgan fingerprint density at radius 3 is 2.34 bits per heavy atom. The second-order valence-electron chi connectivity index (χ2n) is 9.87. The molecule has 0 bridgehead atoms. The molecule has 2 aromatic rings. The summed E-state index contributed by atoms with van der Waals surface area (Å²) in [6, 6.07) is 6.06. The molecule has 7 heteroatoms. The van der Waals surface area contributed by atoms with Gasteiger partial charge >= 0.3 is 0 Å². The second kappa shape index (κ2) is 9.76. The van der Waals surface area contributed by atoms with E-state index in [1.807, 2.05) is 18.7 Å². The first-order valence-electron chi connectivity index (χ1n) is 11.1. The first-order valence-corrected chi connectivity index (χ1v) is 11.1. The highest BCUT2D eigenvalue weighted by Crippen LogP contribution is 2.28. The lowest BCUT2D eigenvalue weighted by Crippen LogP contribution is -2.31. The summed E-state index contributed by atoms with van der Waals surface area (Å²) < 4.78 is 13.0. The van der Waals surface area contributed by atoms with Gasteiger partial charge in [-0.15, -0.1) is 0 Å². The van der Waals surface area contributed by atoms with E-state index in [1.54, 1.807) is 12.1 Å². The van der Waals surface area contributed by atoms with Gasteiger partial charge in [0.15, 0.2) is 0 Å². The molecule has 1 N–H and O–H groups in total. The number of nitrogens with zero attached hydrogens (tertiary/aromatic N) is 3. The Morgan fingerprint density at radius 1 is 1.12 bits per heavy atom. The molecule has 0 spiro atoms. The molecule has 1 saturated heterocycles. The van der Waals surface area contributed by atoms with Crippen LogP contribution >= 0.6 is 0 Å². The Morgan fingerprint density at radius 2 is 1.75 bits per heavy atom. The van der Waals surface area contributed by atoms with Crippen molar-refractivity contribution in [2.24, 2.45) is 5.41 Å². The van der Waals surface area contributed by atoms with Crippen molar-refractivity contribution in [3.63, 3.8) is 0 Å². The van der Waals surface area contributed by atoms with Gasteiger partial charge in [-0.2, -0.15) is 0 Å². The Bertz CT molecular complexity index is 959. The quantitative estimate of drug-likeness (QED) is 0.741. The van der Waals surface area contributed by atoms with Crippen LogP contribution in [0.5, 0.6) is 0 Å². The van der Waals surface area contributed by atoms with Crippen LogP contribution in [-0.2, 0) is 22.6 Å². The lowest BCUT2D eigenvalue weighted by molar-refractivity contribution is -0.132. The van der Waals surface area contributed by atoms with Crippen molar-refractivity contribution in [2.45, 2.75) is 66.3 Å². The van der Waals surface area contributed by atoms with Gasteiger partial charge in [0.2, 0.25) is 11.8 Å². The molecule has 2 amide bonds. The maximum Gasteiger partial charge on any atom is 0.224 e. The van der Waals surface area contributed by atoms with Gasteiger partial charge in [0.25, 0.3) is 0 Å². The van der Waals surface area contributed by atoms with Gasteiger partial charge in [0.05, 0.1) is 6.42 Å². The zero-order valence-corrected chi connectivity index (χ0v) is 19.7. The average Bonchev–Trinajstić information content (AvgIpc) is 3.19. The molecule has 6 nitrogen and oxygen atoms in total. The largest absolute Gasteiger partial charge is 0.352 e. The van der Waals surface area contributed by atoms with Crippen LogP contribution in [0.1, 0.15) is 67.9 Å². The topological polar surface area (TPSA) is 75.2 Å². The number of likely N-dealkylation sites (tertiary alicyclic amines) is 1. The lowest BCUT2D eigenvalue weighted by Gasteiger charge is -2.23. The third kappa shape index (κ3) is 6.34. The van der Waals surface area contributed by atoms with Gasteiger partial charge < -0.3 is 10.2 Å². The van der Waals surface area contributed by atoms with Gasteiger partial charge in [0, 0.05) is 48.9 Å². The number of carbonyl (C=O) groups is 2. The minimum atomic E-state index is -0.299. The molecular weight excluding hydrogens is 407 g/mol.